The van der Waals surface area contributed by atoms with Gasteiger partial charge in [0.1, 0.15) is 11.4 Å². The molecule has 2 amide bonds. The van der Waals surface area contributed by atoms with E-state index < -0.39 is 16.1 Å². The highest BCUT2D eigenvalue weighted by atomic mass is 32.2. The van der Waals surface area contributed by atoms with Crippen molar-refractivity contribution in [1.29, 1.82) is 0 Å². The Hall–Kier alpha value is -2.92. The first-order valence-corrected chi connectivity index (χ1v) is 11.0. The second-order valence-electron chi connectivity index (χ2n) is 7.40. The Morgan fingerprint density at radius 3 is 2.57 bits per heavy atom. The minimum atomic E-state index is -3.78. The van der Waals surface area contributed by atoms with Crippen molar-refractivity contribution in [2.75, 3.05) is 31.5 Å². The molecule has 0 aliphatic carbocycles. The molecule has 2 aliphatic heterocycles. The number of aryl methyl sites for hydroxylation is 2. The first kappa shape index (κ1) is 20.4. The van der Waals surface area contributed by atoms with Gasteiger partial charge in [0.15, 0.2) is 6.10 Å². The summed E-state index contributed by atoms with van der Waals surface area (Å²) in [5, 5.41) is 6.73. The monoisotopic (exact) mass is 433 g/mol. The molecule has 2 aromatic rings. The zero-order valence-corrected chi connectivity index (χ0v) is 17.8. The number of hydrogen-bond donors (Lipinski definition) is 1. The summed E-state index contributed by atoms with van der Waals surface area (Å²) in [4.78, 5) is 26.2. The predicted octanol–water partition coefficient (Wildman–Crippen LogP) is 0.595. The number of fused-ring (bicyclic) bond motifs is 1. The highest BCUT2D eigenvalue weighted by Crippen LogP contribution is 2.35. The van der Waals surface area contributed by atoms with Gasteiger partial charge in [0, 0.05) is 45.5 Å². The Morgan fingerprint density at radius 1 is 1.23 bits per heavy atom. The van der Waals surface area contributed by atoms with Crippen LogP contribution < -0.4 is 10.1 Å². The van der Waals surface area contributed by atoms with Crippen LogP contribution in [-0.2, 0) is 21.9 Å². The highest BCUT2D eigenvalue weighted by Gasteiger charge is 2.34. The minimum absolute atomic E-state index is 0.135. The minimum Gasteiger partial charge on any atom is -0.479 e. The quantitative estimate of drug-likeness (QED) is 0.758. The van der Waals surface area contributed by atoms with Crippen molar-refractivity contribution in [2.45, 2.75) is 24.8 Å². The van der Waals surface area contributed by atoms with Gasteiger partial charge in [0.25, 0.3) is 11.8 Å². The van der Waals surface area contributed by atoms with Crippen LogP contribution in [0.2, 0.25) is 0 Å². The van der Waals surface area contributed by atoms with Crippen molar-refractivity contribution in [3.63, 3.8) is 0 Å². The fraction of sp³-hybridized carbons (Fsp3) is 0.421. The van der Waals surface area contributed by atoms with E-state index in [1.807, 2.05) is 0 Å². The number of nitrogens with one attached hydrogen (secondary N) is 1. The lowest BCUT2D eigenvalue weighted by Gasteiger charge is -2.34. The van der Waals surface area contributed by atoms with Crippen LogP contribution in [0.3, 0.4) is 0 Å². The fourth-order valence-corrected chi connectivity index (χ4v) is 5.28. The van der Waals surface area contributed by atoms with Crippen LogP contribution >= 0.6 is 0 Å². The van der Waals surface area contributed by atoms with E-state index in [2.05, 4.69) is 10.4 Å². The van der Waals surface area contributed by atoms with Crippen LogP contribution in [0.25, 0.3) is 0 Å². The summed E-state index contributed by atoms with van der Waals surface area (Å²) < 4.78 is 35.0. The zero-order valence-electron chi connectivity index (χ0n) is 17.0. The highest BCUT2D eigenvalue weighted by molar-refractivity contribution is 7.89. The first-order valence-electron chi connectivity index (χ1n) is 9.58. The normalized spacial score (nSPS) is 19.8. The van der Waals surface area contributed by atoms with E-state index in [9.17, 15) is 18.0 Å². The average Bonchev–Trinajstić information content (AvgIpc) is 3.14. The number of hydrogen-bond acceptors (Lipinski definition) is 6. The topological polar surface area (TPSA) is 114 Å². The molecule has 0 bridgehead atoms. The number of carbonyl (C=O) groups is 2. The van der Waals surface area contributed by atoms with Crippen LogP contribution in [0.4, 0.5) is 5.69 Å². The molecular formula is C19H23N5O5S. The van der Waals surface area contributed by atoms with Gasteiger partial charge < -0.3 is 15.0 Å². The number of piperazine rings is 1. The van der Waals surface area contributed by atoms with E-state index in [1.54, 1.807) is 44.1 Å². The van der Waals surface area contributed by atoms with Crippen LogP contribution in [0.15, 0.2) is 29.3 Å². The average molecular weight is 433 g/mol. The molecule has 0 radical (unpaired) electrons. The van der Waals surface area contributed by atoms with Crippen LogP contribution in [-0.4, -0.2) is 71.5 Å². The molecule has 1 atom stereocenters. The van der Waals surface area contributed by atoms with Gasteiger partial charge in [-0.15, -0.1) is 0 Å². The summed E-state index contributed by atoms with van der Waals surface area (Å²) in [5.74, 6) is -0.113. The standard InChI is InChI=1S/C19H23N5O5S/c1-12-10-14-16(29-13(2)18(25)21-14)11-17(12)30(27,28)24-8-6-23(7-9-24)19(26)15-4-5-20-22(15)3/h4-5,10-11,13H,6-9H2,1-3H3,(H,21,25)/t13-/m1/s1. The summed E-state index contributed by atoms with van der Waals surface area (Å²) in [6.45, 7) is 4.24. The molecule has 1 aromatic carbocycles. The molecule has 0 unspecified atom stereocenters. The summed E-state index contributed by atoms with van der Waals surface area (Å²) in [6, 6.07) is 4.71. The number of rotatable bonds is 3. The van der Waals surface area contributed by atoms with Crippen molar-refractivity contribution < 1.29 is 22.7 Å². The second kappa shape index (κ2) is 7.40. The molecule has 0 saturated carbocycles. The van der Waals surface area contributed by atoms with Crippen molar-refractivity contribution in [3.05, 3.63) is 35.7 Å². The van der Waals surface area contributed by atoms with E-state index in [0.29, 0.717) is 22.7 Å². The Labute approximate surface area is 174 Å². The third-order valence-corrected chi connectivity index (χ3v) is 7.43. The fourth-order valence-electron chi connectivity index (χ4n) is 3.64. The lowest BCUT2D eigenvalue weighted by molar-refractivity contribution is -0.122. The van der Waals surface area contributed by atoms with E-state index in [1.165, 1.54) is 15.1 Å². The molecule has 30 heavy (non-hydrogen) atoms. The van der Waals surface area contributed by atoms with Gasteiger partial charge in [0.05, 0.1) is 10.6 Å². The SMILES string of the molecule is Cc1cc2c(cc1S(=O)(=O)N1CCN(C(=O)c3ccnn3C)CC1)O[C@H](C)C(=O)N2. The van der Waals surface area contributed by atoms with Crippen molar-refractivity contribution in [3.8, 4) is 5.75 Å². The van der Waals surface area contributed by atoms with Crippen LogP contribution in [0.5, 0.6) is 5.75 Å². The van der Waals surface area contributed by atoms with Gasteiger partial charge in [-0.1, -0.05) is 0 Å². The number of carbonyl (C=O) groups excluding carboxylic acids is 2. The summed E-state index contributed by atoms with van der Waals surface area (Å²) in [6.07, 6.45) is 0.857. The summed E-state index contributed by atoms with van der Waals surface area (Å²) in [7, 11) is -2.09. The molecule has 1 saturated heterocycles. The molecule has 3 heterocycles. The Bertz CT molecular complexity index is 1120. The second-order valence-corrected chi connectivity index (χ2v) is 9.31. The Kier molecular flexibility index (Phi) is 5.02. The molecule has 4 rings (SSSR count). The van der Waals surface area contributed by atoms with Crippen molar-refractivity contribution in [1.82, 2.24) is 19.0 Å². The molecular weight excluding hydrogens is 410 g/mol. The largest absolute Gasteiger partial charge is 0.479 e. The molecule has 2 aliphatic rings. The predicted molar refractivity (Wildman–Crippen MR) is 108 cm³/mol. The van der Waals surface area contributed by atoms with Gasteiger partial charge in [-0.3, -0.25) is 14.3 Å². The third kappa shape index (κ3) is 3.43. The van der Waals surface area contributed by atoms with Crippen LogP contribution in [0, 0.1) is 6.92 Å². The first-order chi connectivity index (χ1) is 14.2. The number of amides is 2. The van der Waals surface area contributed by atoms with Crippen LogP contribution in [0.1, 0.15) is 23.0 Å². The maximum Gasteiger partial charge on any atom is 0.272 e. The van der Waals surface area contributed by atoms with Gasteiger partial charge in [0.2, 0.25) is 10.0 Å². The molecule has 10 nitrogen and oxygen atoms in total. The lowest BCUT2D eigenvalue weighted by atomic mass is 10.1. The molecule has 0 spiro atoms. The molecule has 1 fully saturated rings. The number of anilines is 1. The number of sulfonamides is 1. The molecule has 1 aromatic heterocycles. The van der Waals surface area contributed by atoms with E-state index in [0.717, 1.165) is 0 Å². The number of aromatic nitrogens is 2. The van der Waals surface area contributed by atoms with Gasteiger partial charge in [-0.05, 0) is 31.5 Å². The number of ether oxygens (including phenoxy) is 1. The summed E-state index contributed by atoms with van der Waals surface area (Å²) in [5.41, 5.74) is 1.44. The zero-order chi connectivity index (χ0) is 21.6. The van der Waals surface area contributed by atoms with Crippen molar-refractivity contribution >= 4 is 27.5 Å². The third-order valence-electron chi connectivity index (χ3n) is 5.39. The van der Waals surface area contributed by atoms with Gasteiger partial charge in [-0.25, -0.2) is 8.42 Å². The smallest absolute Gasteiger partial charge is 0.272 e. The number of benzene rings is 1. The van der Waals surface area contributed by atoms with Gasteiger partial charge in [-0.2, -0.15) is 9.40 Å². The Morgan fingerprint density at radius 2 is 1.93 bits per heavy atom. The maximum absolute atomic E-state index is 13.3. The Balaban J connectivity index is 1.53. The molecule has 11 heteroatoms. The molecule has 1 N–H and O–H groups in total. The van der Waals surface area contributed by atoms with E-state index in [-0.39, 0.29) is 42.9 Å². The van der Waals surface area contributed by atoms with E-state index >= 15 is 0 Å². The van der Waals surface area contributed by atoms with E-state index in [4.69, 9.17) is 4.74 Å². The lowest BCUT2D eigenvalue weighted by Crippen LogP contribution is -2.50. The molecule has 160 valence electrons. The summed E-state index contributed by atoms with van der Waals surface area (Å²) >= 11 is 0. The van der Waals surface area contributed by atoms with Crippen molar-refractivity contribution in [2.24, 2.45) is 7.05 Å². The van der Waals surface area contributed by atoms with Gasteiger partial charge >= 0.3 is 0 Å². The number of nitrogens with zero attached hydrogens (tertiary/aromatic N) is 4. The maximum atomic E-state index is 13.3.